The highest BCUT2D eigenvalue weighted by atomic mass is 35.5. The molecule has 6 N–H and O–H groups in total. The predicted octanol–water partition coefficient (Wildman–Crippen LogP) is 2.18. The first-order chi connectivity index (χ1) is 19.6. The molecule has 0 aliphatic heterocycles. The molecule has 4 amide bonds. The summed E-state index contributed by atoms with van der Waals surface area (Å²) >= 11 is 17.0. The Morgan fingerprint density at radius 2 is 1.50 bits per heavy atom. The van der Waals surface area contributed by atoms with Gasteiger partial charge in [-0.1, -0.05) is 35.3 Å². The maximum absolute atomic E-state index is 13.0. The number of carbonyl (C=O) groups is 5. The Bertz CT molecular complexity index is 1300. The smallest absolute Gasteiger partial charge is 0.327 e. The number of carbonyl (C=O) groups excluding carboxylic acids is 5. The number of quaternary nitrogens is 1. The van der Waals surface area contributed by atoms with E-state index in [9.17, 15) is 24.0 Å². The second-order valence-corrected chi connectivity index (χ2v) is 11.1. The van der Waals surface area contributed by atoms with E-state index in [0.29, 0.717) is 10.0 Å². The van der Waals surface area contributed by atoms with Gasteiger partial charge in [0.05, 0.1) is 0 Å². The van der Waals surface area contributed by atoms with Gasteiger partial charge in [0, 0.05) is 22.2 Å². The number of nitrogens with one attached hydrogen (secondary N) is 3. The first-order valence-corrected chi connectivity index (χ1v) is 13.7. The van der Waals surface area contributed by atoms with Crippen LogP contribution < -0.4 is 21.7 Å². The normalized spacial score (nSPS) is 11.5. The monoisotopic (exact) mass is 640 g/mol. The lowest BCUT2D eigenvalue weighted by atomic mass is 10.1. The van der Waals surface area contributed by atoms with Gasteiger partial charge in [0.1, 0.15) is 18.6 Å². The molecule has 15 heteroatoms. The highest BCUT2D eigenvalue weighted by Crippen LogP contribution is 2.11. The number of halogens is 2. The van der Waals surface area contributed by atoms with E-state index in [2.05, 4.69) is 21.7 Å². The zero-order chi connectivity index (χ0) is 31.4. The number of nitrogens with zero attached hydrogens (tertiary/aromatic N) is 1. The molecule has 0 fully saturated rings. The van der Waals surface area contributed by atoms with Gasteiger partial charge in [-0.25, -0.2) is 9.69 Å². The Labute approximate surface area is 258 Å². The van der Waals surface area contributed by atoms with Gasteiger partial charge in [0.15, 0.2) is 17.9 Å². The number of hydrogen-bond acceptors (Lipinski definition) is 8. The van der Waals surface area contributed by atoms with E-state index in [1.807, 2.05) is 0 Å². The summed E-state index contributed by atoms with van der Waals surface area (Å²) in [4.78, 5) is 63.0. The second-order valence-electron chi connectivity index (χ2n) is 9.83. The molecule has 2 aromatic rings. The standard InChI is InChI=1S/C27H31Cl2N5O7S/c1-27(2,3)41-21(35)12-20(30)24(38)31-14-22(36)40-15-34(25(39)32-13-16-4-8-18(28)9-5-16)26(42)33-23(37)17-6-10-19(29)11-7-17/h4-11,20H,12-15,30H2,1-3H3,(H,31,38)(H,32,39)(H,33,37,42)/p+1/t20-/m0/s1. The molecule has 0 spiro atoms. The first kappa shape index (κ1) is 34.4. The van der Waals surface area contributed by atoms with Crippen molar-refractivity contribution in [2.24, 2.45) is 0 Å². The van der Waals surface area contributed by atoms with Crippen LogP contribution in [0.25, 0.3) is 0 Å². The van der Waals surface area contributed by atoms with Crippen LogP contribution in [0.5, 0.6) is 0 Å². The average molecular weight is 642 g/mol. The van der Waals surface area contributed by atoms with Gasteiger partial charge in [-0.2, -0.15) is 0 Å². The maximum Gasteiger partial charge on any atom is 0.327 e. The van der Waals surface area contributed by atoms with Crippen LogP contribution in [0, 0.1) is 0 Å². The molecular weight excluding hydrogens is 609 g/mol. The topological polar surface area (TPSA) is 171 Å². The van der Waals surface area contributed by atoms with Gasteiger partial charge in [-0.15, -0.1) is 0 Å². The van der Waals surface area contributed by atoms with Crippen LogP contribution in [0.4, 0.5) is 4.79 Å². The third-order valence-corrected chi connectivity index (χ3v) is 5.97. The zero-order valence-corrected chi connectivity index (χ0v) is 25.5. The lowest BCUT2D eigenvalue weighted by Crippen LogP contribution is -2.68. The van der Waals surface area contributed by atoms with Crippen molar-refractivity contribution in [3.8, 4) is 0 Å². The number of hydrogen-bond donors (Lipinski definition) is 4. The number of thiocarbonyl (C=S) groups is 1. The highest BCUT2D eigenvalue weighted by Gasteiger charge is 2.26. The molecule has 0 unspecified atom stereocenters. The molecule has 0 radical (unpaired) electrons. The molecule has 226 valence electrons. The largest absolute Gasteiger partial charge is 0.460 e. The summed E-state index contributed by atoms with van der Waals surface area (Å²) in [6.45, 7) is 3.88. The number of urea groups is 1. The summed E-state index contributed by atoms with van der Waals surface area (Å²) in [5.74, 6) is -2.84. The molecule has 0 aromatic heterocycles. The van der Waals surface area contributed by atoms with E-state index >= 15 is 0 Å². The molecule has 0 bridgehead atoms. The molecule has 2 rings (SSSR count). The van der Waals surface area contributed by atoms with Crippen LogP contribution in [0.3, 0.4) is 0 Å². The number of ether oxygens (including phenoxy) is 2. The Balaban J connectivity index is 1.99. The van der Waals surface area contributed by atoms with Gasteiger partial charge in [0.2, 0.25) is 0 Å². The van der Waals surface area contributed by atoms with Crippen molar-refractivity contribution >= 4 is 70.3 Å². The number of benzene rings is 2. The first-order valence-electron chi connectivity index (χ1n) is 12.5. The lowest BCUT2D eigenvalue weighted by molar-refractivity contribution is -0.403. The van der Waals surface area contributed by atoms with Gasteiger partial charge >= 0.3 is 18.0 Å². The summed E-state index contributed by atoms with van der Waals surface area (Å²) < 4.78 is 10.3. The van der Waals surface area contributed by atoms with Crippen molar-refractivity contribution < 1.29 is 39.2 Å². The molecule has 0 saturated heterocycles. The third kappa shape index (κ3) is 12.4. The molecule has 0 saturated carbocycles. The van der Waals surface area contributed by atoms with Crippen LogP contribution in [0.1, 0.15) is 43.1 Å². The molecule has 0 aliphatic carbocycles. The van der Waals surface area contributed by atoms with Crippen LogP contribution >= 0.6 is 35.4 Å². The Hall–Kier alpha value is -3.78. The van der Waals surface area contributed by atoms with Crippen LogP contribution in [-0.4, -0.2) is 64.7 Å². The van der Waals surface area contributed by atoms with Gasteiger partial charge in [0.25, 0.3) is 11.8 Å². The van der Waals surface area contributed by atoms with E-state index in [1.54, 1.807) is 45.0 Å². The van der Waals surface area contributed by atoms with Crippen molar-refractivity contribution in [1.29, 1.82) is 0 Å². The molecule has 1 atom stereocenters. The van der Waals surface area contributed by atoms with E-state index in [0.717, 1.165) is 10.5 Å². The number of esters is 2. The summed E-state index contributed by atoms with van der Waals surface area (Å²) in [5, 5.41) is 7.93. The summed E-state index contributed by atoms with van der Waals surface area (Å²) in [5.41, 5.74) is 3.83. The fourth-order valence-corrected chi connectivity index (χ4v) is 3.57. The lowest BCUT2D eigenvalue weighted by Gasteiger charge is -2.23. The SMILES string of the molecule is CC(C)(C)OC(=O)C[C@H]([NH3+])C(=O)NCC(=O)OCN(C(=O)NCc1ccc(Cl)cc1)C(=S)NC(=O)c1ccc(Cl)cc1. The van der Waals surface area contributed by atoms with Crippen molar-refractivity contribution in [1.82, 2.24) is 20.9 Å². The van der Waals surface area contributed by atoms with Crippen molar-refractivity contribution in [2.45, 2.75) is 45.4 Å². The van der Waals surface area contributed by atoms with Crippen molar-refractivity contribution in [2.75, 3.05) is 13.3 Å². The summed E-state index contributed by atoms with van der Waals surface area (Å²) in [6, 6.07) is 10.9. The van der Waals surface area contributed by atoms with E-state index in [4.69, 9.17) is 44.9 Å². The van der Waals surface area contributed by atoms with E-state index < -0.39 is 54.7 Å². The number of rotatable bonds is 10. The van der Waals surface area contributed by atoms with Crippen LogP contribution in [-0.2, 0) is 30.4 Å². The molecule has 0 aliphatic rings. The Kier molecular flexibility index (Phi) is 13.1. The van der Waals surface area contributed by atoms with Crippen molar-refractivity contribution in [3.05, 3.63) is 69.7 Å². The van der Waals surface area contributed by atoms with Crippen LogP contribution in [0.15, 0.2) is 48.5 Å². The minimum Gasteiger partial charge on any atom is -0.460 e. The van der Waals surface area contributed by atoms with Gasteiger partial charge < -0.3 is 25.8 Å². The third-order valence-electron chi connectivity index (χ3n) is 5.14. The minimum absolute atomic E-state index is 0.0762. The highest BCUT2D eigenvalue weighted by molar-refractivity contribution is 7.80. The van der Waals surface area contributed by atoms with Crippen LogP contribution in [0.2, 0.25) is 10.0 Å². The van der Waals surface area contributed by atoms with E-state index in [-0.39, 0.29) is 23.6 Å². The molecule has 12 nitrogen and oxygen atoms in total. The fraction of sp³-hybridized carbons (Fsp3) is 0.333. The minimum atomic E-state index is -1.02. The van der Waals surface area contributed by atoms with E-state index in [1.165, 1.54) is 24.3 Å². The molecule has 42 heavy (non-hydrogen) atoms. The Morgan fingerprint density at radius 3 is 2.07 bits per heavy atom. The molecule has 2 aromatic carbocycles. The van der Waals surface area contributed by atoms with Crippen molar-refractivity contribution in [3.63, 3.8) is 0 Å². The molecule has 0 heterocycles. The Morgan fingerprint density at radius 1 is 0.929 bits per heavy atom. The quantitative estimate of drug-likeness (QED) is 0.174. The molecular formula is C27H32Cl2N5O7S+. The maximum atomic E-state index is 13.0. The average Bonchev–Trinajstić information content (AvgIpc) is 2.90. The number of amides is 4. The predicted molar refractivity (Wildman–Crippen MR) is 158 cm³/mol. The second kappa shape index (κ2) is 16.0. The summed E-state index contributed by atoms with van der Waals surface area (Å²) in [6.07, 6.45) is -0.290. The van der Waals surface area contributed by atoms with Gasteiger partial charge in [-0.3, -0.25) is 24.5 Å². The zero-order valence-electron chi connectivity index (χ0n) is 23.2. The fourth-order valence-electron chi connectivity index (χ4n) is 3.09. The van der Waals surface area contributed by atoms with Gasteiger partial charge in [-0.05, 0) is 75.0 Å². The summed E-state index contributed by atoms with van der Waals surface area (Å²) in [7, 11) is 0.